The van der Waals surface area contributed by atoms with Crippen molar-refractivity contribution in [3.63, 3.8) is 0 Å². The number of aliphatic hydroxyl groups excluding tert-OH is 2. The Bertz CT molecular complexity index is 1140. The lowest BCUT2D eigenvalue weighted by Gasteiger charge is -2.43. The summed E-state index contributed by atoms with van der Waals surface area (Å²) in [6.45, 7) is 10.2. The lowest BCUT2D eigenvalue weighted by molar-refractivity contribution is -0.161. The zero-order valence-electron chi connectivity index (χ0n) is 21.7. The third-order valence-corrected chi connectivity index (χ3v) is 14.3. The monoisotopic (exact) mass is 668 g/mol. The fraction of sp³-hybridized carbons (Fsp3) is 0.429. The normalized spacial score (nSPS) is 21.6. The van der Waals surface area contributed by atoms with Gasteiger partial charge in [0.05, 0.1) is 15.3 Å². The molecular formula is C28H34Br2O5SSi. The Morgan fingerprint density at radius 1 is 0.946 bits per heavy atom. The topological polar surface area (TPSA) is 68.2 Å². The highest BCUT2D eigenvalue weighted by Gasteiger charge is 2.53. The SMILES string of the molecule is CC1(C)O[C@@H]([C@H](O)c2sc(Br)cc2Br)[C@@H]([C@H](O)CO[Si](c2ccccc2)(c2ccccc2)C(C)(C)C)O1. The largest absolute Gasteiger partial charge is 0.405 e. The summed E-state index contributed by atoms with van der Waals surface area (Å²) in [4.78, 5) is 0.711. The number of benzene rings is 2. The number of hydrogen-bond acceptors (Lipinski definition) is 6. The molecule has 1 fully saturated rings. The van der Waals surface area contributed by atoms with Crippen molar-refractivity contribution >= 4 is 61.9 Å². The Morgan fingerprint density at radius 2 is 1.46 bits per heavy atom. The van der Waals surface area contributed by atoms with Crippen molar-refractivity contribution in [1.82, 2.24) is 0 Å². The first-order valence-electron chi connectivity index (χ1n) is 12.3. The van der Waals surface area contributed by atoms with Crippen molar-refractivity contribution in [3.05, 3.63) is 79.9 Å². The molecule has 0 aliphatic carbocycles. The first-order valence-corrected chi connectivity index (χ1v) is 16.6. The van der Waals surface area contributed by atoms with Gasteiger partial charge in [0.1, 0.15) is 24.4 Å². The van der Waals surface area contributed by atoms with Crippen LogP contribution in [0.15, 0.2) is 75.0 Å². The van der Waals surface area contributed by atoms with Crippen LogP contribution in [0.5, 0.6) is 0 Å². The number of aliphatic hydroxyl groups is 2. The van der Waals surface area contributed by atoms with Crippen LogP contribution in [0, 0.1) is 0 Å². The van der Waals surface area contributed by atoms with Gasteiger partial charge in [-0.2, -0.15) is 0 Å². The predicted octanol–water partition coefficient (Wildman–Crippen LogP) is 5.76. The van der Waals surface area contributed by atoms with E-state index in [1.165, 1.54) is 11.3 Å². The molecule has 0 amide bonds. The van der Waals surface area contributed by atoms with E-state index in [1.807, 2.05) is 42.5 Å². The van der Waals surface area contributed by atoms with E-state index in [2.05, 4.69) is 76.9 Å². The molecule has 2 aromatic carbocycles. The van der Waals surface area contributed by atoms with E-state index in [9.17, 15) is 10.2 Å². The van der Waals surface area contributed by atoms with Gasteiger partial charge < -0.3 is 24.1 Å². The summed E-state index contributed by atoms with van der Waals surface area (Å²) in [5.41, 5.74) is 0. The molecule has 4 rings (SSSR count). The van der Waals surface area contributed by atoms with Crippen LogP contribution in [-0.4, -0.2) is 49.2 Å². The maximum atomic E-state index is 11.5. The second kappa shape index (κ2) is 11.3. The van der Waals surface area contributed by atoms with Gasteiger partial charge in [-0.1, -0.05) is 81.4 Å². The van der Waals surface area contributed by atoms with Crippen LogP contribution in [0.25, 0.3) is 0 Å². The highest BCUT2D eigenvalue weighted by atomic mass is 79.9. The maximum Gasteiger partial charge on any atom is 0.261 e. The lowest BCUT2D eigenvalue weighted by Crippen LogP contribution is -2.67. The minimum absolute atomic E-state index is 0.0376. The van der Waals surface area contributed by atoms with Crippen molar-refractivity contribution in [2.24, 2.45) is 0 Å². The zero-order chi connectivity index (χ0) is 27.0. The molecule has 5 nitrogen and oxygen atoms in total. The van der Waals surface area contributed by atoms with E-state index < -0.39 is 38.5 Å². The Hall–Kier alpha value is -0.883. The molecule has 0 radical (unpaired) electrons. The molecule has 3 aromatic rings. The third-order valence-electron chi connectivity index (χ3n) is 6.69. The third kappa shape index (κ3) is 6.00. The molecule has 2 N–H and O–H groups in total. The standard InChI is InChI=1S/C28H34Br2O5SSi/c1-27(2,3)37(18-12-8-6-9-13-18,19-14-10-7-11-15-19)33-17-21(31)24-25(35-28(4,5)34-24)23(32)26-20(29)16-22(30)36-26/h6-16,21,23-25,31-32H,17H2,1-5H3/t21-,23+,24-,25+/m1/s1. The summed E-state index contributed by atoms with van der Waals surface area (Å²) >= 11 is 8.42. The van der Waals surface area contributed by atoms with Gasteiger partial charge in [-0.25, -0.2) is 0 Å². The maximum absolute atomic E-state index is 11.5. The van der Waals surface area contributed by atoms with Crippen LogP contribution in [-0.2, 0) is 13.9 Å². The molecule has 4 atom stereocenters. The second-order valence-electron chi connectivity index (χ2n) is 10.8. The van der Waals surface area contributed by atoms with Gasteiger partial charge >= 0.3 is 0 Å². The van der Waals surface area contributed by atoms with Crippen LogP contribution in [0.4, 0.5) is 0 Å². The van der Waals surface area contributed by atoms with Crippen molar-refractivity contribution in [1.29, 1.82) is 0 Å². The van der Waals surface area contributed by atoms with Gasteiger partial charge in [0.2, 0.25) is 0 Å². The minimum Gasteiger partial charge on any atom is -0.405 e. The number of rotatable bonds is 8. The fourth-order valence-corrected chi connectivity index (χ4v) is 12.4. The summed E-state index contributed by atoms with van der Waals surface area (Å²) < 4.78 is 20.9. The predicted molar refractivity (Wildman–Crippen MR) is 158 cm³/mol. The zero-order valence-corrected chi connectivity index (χ0v) is 26.6. The van der Waals surface area contributed by atoms with Gasteiger partial charge in [0.25, 0.3) is 8.32 Å². The van der Waals surface area contributed by atoms with Crippen LogP contribution >= 0.6 is 43.2 Å². The molecule has 1 aromatic heterocycles. The van der Waals surface area contributed by atoms with Crippen LogP contribution in [0.3, 0.4) is 0 Å². The first-order chi connectivity index (χ1) is 17.4. The van der Waals surface area contributed by atoms with E-state index in [4.69, 9.17) is 13.9 Å². The number of ether oxygens (including phenoxy) is 2. The van der Waals surface area contributed by atoms with Crippen molar-refractivity contribution in [3.8, 4) is 0 Å². The molecular weight excluding hydrogens is 636 g/mol. The molecule has 0 unspecified atom stereocenters. The molecule has 0 bridgehead atoms. The Labute approximate surface area is 241 Å². The van der Waals surface area contributed by atoms with E-state index in [-0.39, 0.29) is 11.6 Å². The van der Waals surface area contributed by atoms with Crippen molar-refractivity contribution in [2.45, 2.75) is 69.9 Å². The summed E-state index contributed by atoms with van der Waals surface area (Å²) in [7, 11) is -2.85. The van der Waals surface area contributed by atoms with Gasteiger partial charge in [0, 0.05) is 4.47 Å². The Balaban J connectivity index is 1.66. The van der Waals surface area contributed by atoms with Crippen LogP contribution in [0.2, 0.25) is 5.04 Å². The quantitative estimate of drug-likeness (QED) is 0.299. The van der Waals surface area contributed by atoms with Crippen LogP contribution in [0.1, 0.15) is 45.6 Å². The average Bonchev–Trinajstić information content (AvgIpc) is 3.36. The van der Waals surface area contributed by atoms with E-state index in [1.54, 1.807) is 13.8 Å². The average molecular weight is 671 g/mol. The van der Waals surface area contributed by atoms with Gasteiger partial charge in [-0.3, -0.25) is 0 Å². The number of halogens is 2. The molecule has 200 valence electrons. The van der Waals surface area contributed by atoms with Crippen molar-refractivity contribution < 1.29 is 24.1 Å². The number of thiophene rings is 1. The van der Waals surface area contributed by atoms with E-state index in [0.717, 1.165) is 18.6 Å². The summed E-state index contributed by atoms with van der Waals surface area (Å²) in [5.74, 6) is -0.963. The minimum atomic E-state index is -2.85. The summed E-state index contributed by atoms with van der Waals surface area (Å²) in [6.07, 6.45) is -3.56. The molecule has 1 aliphatic heterocycles. The lowest BCUT2D eigenvalue weighted by atomic mass is 10.0. The summed E-state index contributed by atoms with van der Waals surface area (Å²) in [5, 5.41) is 24.8. The van der Waals surface area contributed by atoms with Gasteiger partial charge in [-0.15, -0.1) is 11.3 Å². The Kier molecular flexibility index (Phi) is 8.90. The van der Waals surface area contributed by atoms with Crippen LogP contribution < -0.4 is 10.4 Å². The highest BCUT2D eigenvalue weighted by Crippen LogP contribution is 2.43. The first kappa shape index (κ1) is 29.1. The highest BCUT2D eigenvalue weighted by molar-refractivity contribution is 9.11. The van der Waals surface area contributed by atoms with Crippen molar-refractivity contribution in [2.75, 3.05) is 6.61 Å². The molecule has 0 saturated carbocycles. The summed E-state index contributed by atoms with van der Waals surface area (Å²) in [6, 6.07) is 22.5. The fourth-order valence-electron chi connectivity index (χ4n) is 5.13. The smallest absolute Gasteiger partial charge is 0.261 e. The number of hydrogen-bond donors (Lipinski definition) is 2. The Morgan fingerprint density at radius 3 is 1.92 bits per heavy atom. The van der Waals surface area contributed by atoms with E-state index >= 15 is 0 Å². The second-order valence-corrected chi connectivity index (χ2v) is 18.4. The molecule has 1 saturated heterocycles. The van der Waals surface area contributed by atoms with E-state index in [0.29, 0.717) is 4.88 Å². The van der Waals surface area contributed by atoms with Gasteiger partial charge in [-0.05, 0) is 67.2 Å². The molecule has 1 aliphatic rings. The molecule has 2 heterocycles. The van der Waals surface area contributed by atoms with Gasteiger partial charge in [0.15, 0.2) is 5.79 Å². The molecule has 0 spiro atoms. The molecule has 9 heteroatoms. The molecule has 37 heavy (non-hydrogen) atoms.